The van der Waals surface area contributed by atoms with Gasteiger partial charge in [0.15, 0.2) is 11.6 Å². The number of aromatic nitrogens is 3. The van der Waals surface area contributed by atoms with Crippen LogP contribution in [0.4, 0.5) is 10.2 Å². The third-order valence-corrected chi connectivity index (χ3v) is 2.48. The number of rotatable bonds is 3. The zero-order valence-electron chi connectivity index (χ0n) is 7.72. The van der Waals surface area contributed by atoms with E-state index in [9.17, 15) is 4.39 Å². The summed E-state index contributed by atoms with van der Waals surface area (Å²) in [5.74, 6) is -0.665. The Morgan fingerprint density at radius 3 is 3.00 bits per heavy atom. The van der Waals surface area contributed by atoms with Gasteiger partial charge in [0.05, 0.1) is 13.2 Å². The molecule has 0 atom stereocenters. The van der Waals surface area contributed by atoms with Crippen LogP contribution >= 0.6 is 11.5 Å². The summed E-state index contributed by atoms with van der Waals surface area (Å²) in [4.78, 5) is 0. The average molecular weight is 228 g/mol. The van der Waals surface area contributed by atoms with Crippen LogP contribution in [0.3, 0.4) is 0 Å². The molecule has 0 aliphatic carbocycles. The second-order valence-corrected chi connectivity index (χ2v) is 3.54. The van der Waals surface area contributed by atoms with Crippen molar-refractivity contribution in [2.45, 2.75) is 6.54 Å². The van der Waals surface area contributed by atoms with E-state index in [1.807, 2.05) is 0 Å². The van der Waals surface area contributed by atoms with Crippen LogP contribution < -0.4 is 5.73 Å². The molecule has 0 amide bonds. The Morgan fingerprint density at radius 2 is 2.40 bits per heavy atom. The zero-order valence-corrected chi connectivity index (χ0v) is 8.54. The standard InChI is InChI=1S/C8H9FN4OS/c9-6-7(5-1-4-15-12-5)11-13(2-3-14)8(6)10/h1,4,14H,2-3,10H2. The van der Waals surface area contributed by atoms with Crippen molar-refractivity contribution in [1.82, 2.24) is 14.2 Å². The average Bonchev–Trinajstić information content (AvgIpc) is 2.82. The molecule has 2 aromatic heterocycles. The molecule has 15 heavy (non-hydrogen) atoms. The van der Waals surface area contributed by atoms with Crippen molar-refractivity contribution in [2.75, 3.05) is 12.3 Å². The van der Waals surface area contributed by atoms with Crippen LogP contribution in [-0.4, -0.2) is 25.9 Å². The maximum Gasteiger partial charge on any atom is 0.194 e. The SMILES string of the molecule is Nc1c(F)c(-c2ccsn2)nn1CCO. The van der Waals surface area contributed by atoms with E-state index in [2.05, 4.69) is 9.47 Å². The monoisotopic (exact) mass is 228 g/mol. The van der Waals surface area contributed by atoms with E-state index >= 15 is 0 Å². The summed E-state index contributed by atoms with van der Waals surface area (Å²) in [6, 6.07) is 1.67. The molecule has 7 heteroatoms. The number of nitrogens with two attached hydrogens (primary N) is 1. The van der Waals surface area contributed by atoms with Gasteiger partial charge in [-0.1, -0.05) is 0 Å². The van der Waals surface area contributed by atoms with Gasteiger partial charge in [-0.2, -0.15) is 9.47 Å². The van der Waals surface area contributed by atoms with Gasteiger partial charge in [-0.15, -0.1) is 0 Å². The first kappa shape index (κ1) is 10.1. The third-order valence-electron chi connectivity index (χ3n) is 1.92. The molecule has 2 rings (SSSR count). The summed E-state index contributed by atoms with van der Waals surface area (Å²) in [5, 5.41) is 14.4. The fraction of sp³-hybridized carbons (Fsp3) is 0.250. The maximum absolute atomic E-state index is 13.6. The third kappa shape index (κ3) is 1.71. The molecule has 0 saturated carbocycles. The van der Waals surface area contributed by atoms with Gasteiger partial charge in [-0.3, -0.25) is 0 Å². The summed E-state index contributed by atoms with van der Waals surface area (Å²) in [5.41, 5.74) is 6.07. The minimum atomic E-state index is -0.589. The summed E-state index contributed by atoms with van der Waals surface area (Å²) in [6.07, 6.45) is 0. The van der Waals surface area contributed by atoms with Crippen molar-refractivity contribution in [3.05, 3.63) is 17.3 Å². The highest BCUT2D eigenvalue weighted by Crippen LogP contribution is 2.24. The van der Waals surface area contributed by atoms with E-state index in [-0.39, 0.29) is 24.7 Å². The number of halogens is 1. The molecule has 0 saturated heterocycles. The first-order valence-electron chi connectivity index (χ1n) is 4.27. The Balaban J connectivity index is 2.45. The lowest BCUT2D eigenvalue weighted by atomic mass is 10.3. The Hall–Kier alpha value is -1.47. The van der Waals surface area contributed by atoms with Crippen LogP contribution in [0.15, 0.2) is 11.4 Å². The molecule has 0 aromatic carbocycles. The second kappa shape index (κ2) is 3.95. The maximum atomic E-state index is 13.6. The molecule has 0 bridgehead atoms. The summed E-state index contributed by atoms with van der Waals surface area (Å²) in [6.45, 7) is 0.0364. The fourth-order valence-electron chi connectivity index (χ4n) is 1.22. The van der Waals surface area contributed by atoms with Crippen LogP contribution in [0.5, 0.6) is 0 Å². The fourth-order valence-corrected chi connectivity index (χ4v) is 1.73. The lowest BCUT2D eigenvalue weighted by Gasteiger charge is -1.98. The summed E-state index contributed by atoms with van der Waals surface area (Å²) < 4.78 is 18.8. The predicted octanol–water partition coefficient (Wildman–Crippen LogP) is 0.720. The first-order chi connectivity index (χ1) is 7.24. The van der Waals surface area contributed by atoms with Crippen molar-refractivity contribution in [3.63, 3.8) is 0 Å². The number of nitrogen functional groups attached to an aromatic ring is 1. The molecule has 0 unspecified atom stereocenters. The molecular weight excluding hydrogens is 219 g/mol. The van der Waals surface area contributed by atoms with Crippen LogP contribution in [0.25, 0.3) is 11.4 Å². The molecule has 2 heterocycles. The first-order valence-corrected chi connectivity index (χ1v) is 5.11. The van der Waals surface area contributed by atoms with Crippen LogP contribution in [0.2, 0.25) is 0 Å². The van der Waals surface area contributed by atoms with E-state index in [0.717, 1.165) is 0 Å². The highest BCUT2D eigenvalue weighted by atomic mass is 32.1. The topological polar surface area (TPSA) is 77.0 Å². The number of hydrogen-bond acceptors (Lipinski definition) is 5. The molecule has 0 spiro atoms. The van der Waals surface area contributed by atoms with E-state index in [0.29, 0.717) is 5.69 Å². The number of nitrogens with zero attached hydrogens (tertiary/aromatic N) is 3. The van der Waals surface area contributed by atoms with E-state index < -0.39 is 5.82 Å². The lowest BCUT2D eigenvalue weighted by Crippen LogP contribution is -2.07. The molecule has 2 aromatic rings. The molecule has 3 N–H and O–H groups in total. The minimum absolute atomic E-state index is 0.0768. The van der Waals surface area contributed by atoms with Crippen molar-refractivity contribution in [3.8, 4) is 11.4 Å². The van der Waals surface area contributed by atoms with Gasteiger partial charge < -0.3 is 10.8 Å². The number of aliphatic hydroxyl groups is 1. The second-order valence-electron chi connectivity index (χ2n) is 2.88. The largest absolute Gasteiger partial charge is 0.394 e. The van der Waals surface area contributed by atoms with Crippen LogP contribution in [0, 0.1) is 5.82 Å². The zero-order chi connectivity index (χ0) is 10.8. The van der Waals surface area contributed by atoms with E-state index in [4.69, 9.17) is 10.8 Å². The highest BCUT2D eigenvalue weighted by molar-refractivity contribution is 7.03. The van der Waals surface area contributed by atoms with Gasteiger partial charge in [-0.05, 0) is 17.6 Å². The van der Waals surface area contributed by atoms with Gasteiger partial charge in [0.1, 0.15) is 11.4 Å². The molecule has 80 valence electrons. The summed E-state index contributed by atoms with van der Waals surface area (Å²) in [7, 11) is 0. The molecule has 0 aliphatic rings. The lowest BCUT2D eigenvalue weighted by molar-refractivity contribution is 0.270. The number of anilines is 1. The molecule has 0 aliphatic heterocycles. The van der Waals surface area contributed by atoms with Gasteiger partial charge in [0.2, 0.25) is 0 Å². The normalized spacial score (nSPS) is 10.8. The smallest absolute Gasteiger partial charge is 0.194 e. The predicted molar refractivity (Wildman–Crippen MR) is 54.8 cm³/mol. The Morgan fingerprint density at radius 1 is 1.60 bits per heavy atom. The van der Waals surface area contributed by atoms with Crippen molar-refractivity contribution in [1.29, 1.82) is 0 Å². The molecule has 0 radical (unpaired) electrons. The minimum Gasteiger partial charge on any atom is -0.394 e. The van der Waals surface area contributed by atoms with Crippen molar-refractivity contribution in [2.24, 2.45) is 0 Å². The van der Waals surface area contributed by atoms with Gasteiger partial charge >= 0.3 is 0 Å². The van der Waals surface area contributed by atoms with Crippen molar-refractivity contribution < 1.29 is 9.50 Å². The quantitative estimate of drug-likeness (QED) is 0.811. The van der Waals surface area contributed by atoms with E-state index in [1.165, 1.54) is 16.2 Å². The van der Waals surface area contributed by atoms with Gasteiger partial charge in [0.25, 0.3) is 0 Å². The van der Waals surface area contributed by atoms with Gasteiger partial charge in [-0.25, -0.2) is 9.07 Å². The number of aliphatic hydroxyl groups excluding tert-OH is 1. The Bertz CT molecular complexity index is 453. The molecular formula is C8H9FN4OS. The number of hydrogen-bond donors (Lipinski definition) is 2. The molecule has 5 nitrogen and oxygen atoms in total. The Labute approximate surface area is 89.1 Å². The van der Waals surface area contributed by atoms with Crippen LogP contribution in [0.1, 0.15) is 0 Å². The summed E-state index contributed by atoms with van der Waals surface area (Å²) >= 11 is 1.22. The van der Waals surface area contributed by atoms with Crippen LogP contribution in [-0.2, 0) is 6.54 Å². The van der Waals surface area contributed by atoms with Gasteiger partial charge in [0, 0.05) is 5.38 Å². The van der Waals surface area contributed by atoms with E-state index in [1.54, 1.807) is 11.4 Å². The Kier molecular flexibility index (Phi) is 2.65. The van der Waals surface area contributed by atoms with Crippen molar-refractivity contribution >= 4 is 17.4 Å². The highest BCUT2D eigenvalue weighted by Gasteiger charge is 2.17. The molecule has 0 fully saturated rings.